The Morgan fingerprint density at radius 3 is 1.11 bits per heavy atom. The van der Waals surface area contributed by atoms with Gasteiger partial charge in [-0.3, -0.25) is 0 Å². The van der Waals surface area contributed by atoms with Gasteiger partial charge in [0.15, 0.2) is 0 Å². The molecule has 0 radical (unpaired) electrons. The summed E-state index contributed by atoms with van der Waals surface area (Å²) in [6, 6.07) is 38.0. The van der Waals surface area contributed by atoms with Crippen LogP contribution in [0.5, 0.6) is 0 Å². The molecule has 0 saturated heterocycles. The molecule has 4 aromatic carbocycles. The molecule has 0 aliphatic rings. The van der Waals surface area contributed by atoms with Gasteiger partial charge in [-0.2, -0.15) is 0 Å². The van der Waals surface area contributed by atoms with Crippen molar-refractivity contribution in [2.45, 2.75) is 0 Å². The third kappa shape index (κ3) is 4.36. The van der Waals surface area contributed by atoms with Crippen molar-refractivity contribution in [2.75, 3.05) is 0 Å². The molecular formula is C28H22. The predicted octanol–water partition coefficient (Wildman–Crippen LogP) is 7.69. The van der Waals surface area contributed by atoms with Crippen LogP contribution in [0.3, 0.4) is 0 Å². The van der Waals surface area contributed by atoms with E-state index >= 15 is 0 Å². The molecule has 0 heterocycles. The van der Waals surface area contributed by atoms with E-state index in [4.69, 9.17) is 0 Å². The van der Waals surface area contributed by atoms with E-state index in [0.717, 1.165) is 0 Å². The summed E-state index contributed by atoms with van der Waals surface area (Å²) in [6.45, 7) is 0. The molecular weight excluding hydrogens is 336 g/mol. The number of hydrogen-bond donors (Lipinski definition) is 0. The van der Waals surface area contributed by atoms with Crippen LogP contribution in [-0.2, 0) is 0 Å². The molecule has 0 fully saturated rings. The first-order valence-electron chi connectivity index (χ1n) is 9.55. The van der Waals surface area contributed by atoms with Crippen LogP contribution < -0.4 is 0 Å². The molecule has 0 unspecified atom stereocenters. The Balaban J connectivity index is 1.71. The topological polar surface area (TPSA) is 0 Å². The highest BCUT2D eigenvalue weighted by Crippen LogP contribution is 2.29. The summed E-state index contributed by atoms with van der Waals surface area (Å²) in [5.74, 6) is 0. The van der Waals surface area contributed by atoms with Crippen molar-refractivity contribution in [3.63, 3.8) is 0 Å². The fourth-order valence-electron chi connectivity index (χ4n) is 3.28. The Morgan fingerprint density at radius 2 is 0.679 bits per heavy atom. The van der Waals surface area contributed by atoms with E-state index in [2.05, 4.69) is 121 Å². The van der Waals surface area contributed by atoms with Crippen molar-refractivity contribution >= 4 is 24.3 Å². The van der Waals surface area contributed by atoms with Crippen LogP contribution in [0, 0.1) is 0 Å². The Bertz CT molecular complexity index is 996. The number of rotatable bonds is 5. The molecule has 0 aliphatic carbocycles. The molecule has 4 aromatic rings. The van der Waals surface area contributed by atoms with Crippen LogP contribution in [0.2, 0.25) is 0 Å². The summed E-state index contributed by atoms with van der Waals surface area (Å²) >= 11 is 0. The highest BCUT2D eigenvalue weighted by atomic mass is 14.1. The molecule has 0 amide bonds. The zero-order valence-corrected chi connectivity index (χ0v) is 15.7. The summed E-state index contributed by atoms with van der Waals surface area (Å²) < 4.78 is 0. The molecule has 28 heavy (non-hydrogen) atoms. The maximum atomic E-state index is 2.20. The molecule has 0 aliphatic heterocycles. The van der Waals surface area contributed by atoms with Crippen molar-refractivity contribution in [3.05, 3.63) is 131 Å². The lowest BCUT2D eigenvalue weighted by Gasteiger charge is -2.10. The maximum absolute atomic E-state index is 2.20. The van der Waals surface area contributed by atoms with Crippen LogP contribution in [-0.4, -0.2) is 0 Å². The minimum absolute atomic E-state index is 1.20. The van der Waals surface area contributed by atoms with Crippen molar-refractivity contribution < 1.29 is 0 Å². The third-order valence-electron chi connectivity index (χ3n) is 4.72. The van der Waals surface area contributed by atoms with E-state index in [0.29, 0.717) is 0 Å². The fourth-order valence-corrected chi connectivity index (χ4v) is 3.28. The lowest BCUT2D eigenvalue weighted by molar-refractivity contribution is 1.57. The van der Waals surface area contributed by atoms with E-state index in [-0.39, 0.29) is 0 Å². The monoisotopic (exact) mass is 358 g/mol. The summed E-state index contributed by atoms with van der Waals surface area (Å²) in [7, 11) is 0. The van der Waals surface area contributed by atoms with Gasteiger partial charge in [-0.25, -0.2) is 0 Å². The zero-order valence-electron chi connectivity index (χ0n) is 15.7. The summed E-state index contributed by atoms with van der Waals surface area (Å²) in [5.41, 5.74) is 7.31. The lowest BCUT2D eigenvalue weighted by Crippen LogP contribution is -1.87. The molecule has 0 aromatic heterocycles. The second kappa shape index (κ2) is 8.83. The molecule has 4 rings (SSSR count). The van der Waals surface area contributed by atoms with Crippen molar-refractivity contribution in [1.29, 1.82) is 0 Å². The normalized spacial score (nSPS) is 11.3. The SMILES string of the molecule is C(=C/c1ccccc1-c1ccccc1/C=C/c1ccccc1)/c1ccccc1. The van der Waals surface area contributed by atoms with Gasteiger partial charge in [-0.05, 0) is 33.4 Å². The molecule has 134 valence electrons. The van der Waals surface area contributed by atoms with E-state index in [1.54, 1.807) is 0 Å². The summed E-state index contributed by atoms with van der Waals surface area (Å²) in [5, 5.41) is 0. The van der Waals surface area contributed by atoms with Crippen LogP contribution in [0.25, 0.3) is 35.4 Å². The minimum atomic E-state index is 1.20. The van der Waals surface area contributed by atoms with E-state index in [1.807, 2.05) is 12.1 Å². The quantitative estimate of drug-likeness (QED) is 0.321. The van der Waals surface area contributed by atoms with Gasteiger partial charge in [0.2, 0.25) is 0 Å². The van der Waals surface area contributed by atoms with Crippen molar-refractivity contribution in [1.82, 2.24) is 0 Å². The summed E-state index contributed by atoms with van der Waals surface area (Å²) in [6.07, 6.45) is 8.73. The third-order valence-corrected chi connectivity index (χ3v) is 4.72. The van der Waals surface area contributed by atoms with Crippen LogP contribution >= 0.6 is 0 Å². The van der Waals surface area contributed by atoms with Gasteiger partial charge in [0, 0.05) is 0 Å². The Labute approximate surface area is 167 Å². The Kier molecular flexibility index (Phi) is 5.60. The van der Waals surface area contributed by atoms with Gasteiger partial charge in [-0.15, -0.1) is 0 Å². The molecule has 0 atom stereocenters. The smallest absolute Gasteiger partial charge is 0.0105 e. The number of hydrogen-bond acceptors (Lipinski definition) is 0. The molecule has 0 bridgehead atoms. The zero-order chi connectivity index (χ0) is 19.0. The first-order valence-corrected chi connectivity index (χ1v) is 9.55. The lowest BCUT2D eigenvalue weighted by atomic mass is 9.94. The molecule has 0 saturated carbocycles. The van der Waals surface area contributed by atoms with Crippen LogP contribution in [0.4, 0.5) is 0 Å². The molecule has 0 heteroatoms. The average Bonchev–Trinajstić information content (AvgIpc) is 2.78. The van der Waals surface area contributed by atoms with E-state index in [1.165, 1.54) is 33.4 Å². The Hall–Kier alpha value is -3.64. The fraction of sp³-hybridized carbons (Fsp3) is 0. The first-order chi connectivity index (χ1) is 13.9. The molecule has 0 N–H and O–H groups in total. The molecule has 0 spiro atoms. The predicted molar refractivity (Wildman–Crippen MR) is 123 cm³/mol. The van der Waals surface area contributed by atoms with Gasteiger partial charge < -0.3 is 0 Å². The minimum Gasteiger partial charge on any atom is -0.0622 e. The van der Waals surface area contributed by atoms with Gasteiger partial charge in [0.1, 0.15) is 0 Å². The standard InChI is InChI=1S/C28H22/c1-3-11-23(12-4-1)19-21-25-15-7-9-17-27(25)28-18-10-8-16-26(28)22-20-24-13-5-2-6-14-24/h1-22H/b21-19-,22-20+. The van der Waals surface area contributed by atoms with Gasteiger partial charge >= 0.3 is 0 Å². The van der Waals surface area contributed by atoms with Gasteiger partial charge in [0.25, 0.3) is 0 Å². The molecule has 0 nitrogen and oxygen atoms in total. The van der Waals surface area contributed by atoms with Crippen molar-refractivity contribution in [2.24, 2.45) is 0 Å². The Morgan fingerprint density at radius 1 is 0.321 bits per heavy atom. The average molecular weight is 358 g/mol. The summed E-state index contributed by atoms with van der Waals surface area (Å²) in [4.78, 5) is 0. The largest absolute Gasteiger partial charge is 0.0622 e. The van der Waals surface area contributed by atoms with Gasteiger partial charge in [0.05, 0.1) is 0 Å². The van der Waals surface area contributed by atoms with Crippen molar-refractivity contribution in [3.8, 4) is 11.1 Å². The van der Waals surface area contributed by atoms with Gasteiger partial charge in [-0.1, -0.05) is 133 Å². The second-order valence-corrected chi connectivity index (χ2v) is 6.66. The maximum Gasteiger partial charge on any atom is -0.0105 e. The van der Waals surface area contributed by atoms with Crippen LogP contribution in [0.1, 0.15) is 22.3 Å². The highest BCUT2D eigenvalue weighted by Gasteiger charge is 2.06. The van der Waals surface area contributed by atoms with E-state index in [9.17, 15) is 0 Å². The highest BCUT2D eigenvalue weighted by molar-refractivity contribution is 5.86. The number of benzene rings is 4. The van der Waals surface area contributed by atoms with E-state index < -0.39 is 0 Å². The first kappa shape index (κ1) is 17.8. The van der Waals surface area contributed by atoms with Crippen LogP contribution in [0.15, 0.2) is 109 Å². The second-order valence-electron chi connectivity index (χ2n) is 6.66.